The molecule has 100 valence electrons. The SMILES string of the molecule is C1CCCCC1.CCO.CCOC(C)=O.O. The van der Waals surface area contributed by atoms with Crippen molar-refractivity contribution in [3.63, 3.8) is 0 Å². The van der Waals surface area contributed by atoms with Crippen LogP contribution >= 0.6 is 0 Å². The highest BCUT2D eigenvalue weighted by Gasteiger charge is 1.95. The van der Waals surface area contributed by atoms with Crippen LogP contribution in [0.4, 0.5) is 0 Å². The average Bonchev–Trinajstić information content (AvgIpc) is 2.22. The molecule has 4 nitrogen and oxygen atoms in total. The molecule has 0 spiro atoms. The van der Waals surface area contributed by atoms with Crippen molar-refractivity contribution in [3.8, 4) is 0 Å². The number of hydrogen-bond donors (Lipinski definition) is 1. The van der Waals surface area contributed by atoms with E-state index in [4.69, 9.17) is 5.11 Å². The van der Waals surface area contributed by atoms with Gasteiger partial charge in [0.05, 0.1) is 6.61 Å². The summed E-state index contributed by atoms with van der Waals surface area (Å²) in [6, 6.07) is 0. The first-order valence-corrected chi connectivity index (χ1v) is 5.93. The Morgan fingerprint density at radius 1 is 1.06 bits per heavy atom. The van der Waals surface area contributed by atoms with E-state index >= 15 is 0 Å². The van der Waals surface area contributed by atoms with Crippen molar-refractivity contribution >= 4 is 5.97 Å². The molecular weight excluding hydrogens is 208 g/mol. The maximum absolute atomic E-state index is 9.82. The van der Waals surface area contributed by atoms with Crippen LogP contribution in [0, 0.1) is 0 Å². The van der Waals surface area contributed by atoms with E-state index in [2.05, 4.69) is 4.74 Å². The topological polar surface area (TPSA) is 78.0 Å². The van der Waals surface area contributed by atoms with Gasteiger partial charge in [-0.25, -0.2) is 0 Å². The lowest BCUT2D eigenvalue weighted by Crippen LogP contribution is -1.95. The molecule has 0 atom stereocenters. The summed E-state index contributed by atoms with van der Waals surface area (Å²) in [5.74, 6) is -0.211. The number of esters is 1. The maximum atomic E-state index is 9.82. The molecule has 1 aliphatic carbocycles. The van der Waals surface area contributed by atoms with Gasteiger partial charge in [0.1, 0.15) is 0 Å². The van der Waals surface area contributed by atoms with Crippen molar-refractivity contribution < 1.29 is 20.1 Å². The number of ether oxygens (including phenoxy) is 1. The minimum Gasteiger partial charge on any atom is -0.466 e. The highest BCUT2D eigenvalue weighted by molar-refractivity contribution is 5.65. The van der Waals surface area contributed by atoms with E-state index in [-0.39, 0.29) is 18.1 Å². The van der Waals surface area contributed by atoms with E-state index in [9.17, 15) is 4.79 Å². The van der Waals surface area contributed by atoms with Crippen molar-refractivity contribution in [1.29, 1.82) is 0 Å². The zero-order valence-electron chi connectivity index (χ0n) is 10.9. The standard InChI is InChI=1S/C6H12.C4H8O2.C2H6O.H2O/c1-2-4-6-5-3-1;1-3-6-4(2)5;1-2-3;/h1-6H2;3H2,1-2H3;3H,2H2,1H3;1H2. The summed E-state index contributed by atoms with van der Waals surface area (Å²) in [7, 11) is 0. The van der Waals surface area contributed by atoms with Crippen molar-refractivity contribution in [2.75, 3.05) is 13.2 Å². The summed E-state index contributed by atoms with van der Waals surface area (Å²) in [6.07, 6.45) is 9.00. The molecule has 0 bridgehead atoms. The average molecular weight is 236 g/mol. The van der Waals surface area contributed by atoms with Crippen LogP contribution in [0.15, 0.2) is 0 Å². The summed E-state index contributed by atoms with van der Waals surface area (Å²) in [6.45, 7) is 5.58. The molecule has 0 heterocycles. The molecule has 0 aromatic rings. The lowest BCUT2D eigenvalue weighted by molar-refractivity contribution is -0.140. The highest BCUT2D eigenvalue weighted by Crippen LogP contribution is 2.15. The van der Waals surface area contributed by atoms with Gasteiger partial charge in [-0.2, -0.15) is 0 Å². The van der Waals surface area contributed by atoms with Gasteiger partial charge in [0.15, 0.2) is 0 Å². The van der Waals surface area contributed by atoms with Crippen molar-refractivity contribution in [2.24, 2.45) is 0 Å². The number of aliphatic hydroxyl groups is 1. The van der Waals surface area contributed by atoms with E-state index in [1.54, 1.807) is 13.8 Å². The van der Waals surface area contributed by atoms with Crippen LogP contribution in [0.3, 0.4) is 0 Å². The van der Waals surface area contributed by atoms with Crippen LogP contribution in [0.5, 0.6) is 0 Å². The van der Waals surface area contributed by atoms with Crippen LogP contribution in [0.1, 0.15) is 59.3 Å². The summed E-state index contributed by atoms with van der Waals surface area (Å²) in [5.41, 5.74) is 0. The van der Waals surface area contributed by atoms with E-state index in [1.165, 1.54) is 45.4 Å². The smallest absolute Gasteiger partial charge is 0.302 e. The summed E-state index contributed by atoms with van der Waals surface area (Å²) in [4.78, 5) is 9.82. The lowest BCUT2D eigenvalue weighted by Gasteiger charge is -2.05. The molecule has 0 amide bonds. The molecule has 1 saturated carbocycles. The minimum absolute atomic E-state index is 0. The second-order valence-corrected chi connectivity index (χ2v) is 3.36. The molecule has 0 aromatic carbocycles. The monoisotopic (exact) mass is 236 g/mol. The molecule has 16 heavy (non-hydrogen) atoms. The van der Waals surface area contributed by atoms with Crippen molar-refractivity contribution in [3.05, 3.63) is 0 Å². The fourth-order valence-corrected chi connectivity index (χ4v) is 1.26. The Morgan fingerprint density at radius 3 is 1.38 bits per heavy atom. The third-order valence-electron chi connectivity index (χ3n) is 1.85. The number of aliphatic hydroxyl groups excluding tert-OH is 1. The van der Waals surface area contributed by atoms with Gasteiger partial charge in [0.25, 0.3) is 0 Å². The van der Waals surface area contributed by atoms with Gasteiger partial charge in [0.2, 0.25) is 0 Å². The molecule has 4 heteroatoms. The quantitative estimate of drug-likeness (QED) is 0.708. The normalized spacial score (nSPS) is 13.0. The zero-order chi connectivity index (χ0) is 11.9. The third kappa shape index (κ3) is 29.2. The molecule has 3 N–H and O–H groups in total. The van der Waals surface area contributed by atoms with Crippen LogP contribution in [-0.2, 0) is 9.53 Å². The fraction of sp³-hybridized carbons (Fsp3) is 0.917. The molecule has 0 radical (unpaired) electrons. The van der Waals surface area contributed by atoms with Gasteiger partial charge >= 0.3 is 5.97 Å². The maximum Gasteiger partial charge on any atom is 0.302 e. The van der Waals surface area contributed by atoms with Gasteiger partial charge in [0, 0.05) is 13.5 Å². The second kappa shape index (κ2) is 19.9. The molecule has 0 aromatic heterocycles. The largest absolute Gasteiger partial charge is 0.466 e. The Labute approximate surface area is 99.3 Å². The predicted molar refractivity (Wildman–Crippen MR) is 66.4 cm³/mol. The first-order chi connectivity index (χ1) is 7.18. The van der Waals surface area contributed by atoms with Gasteiger partial charge in [-0.15, -0.1) is 0 Å². The lowest BCUT2D eigenvalue weighted by atomic mass is 10.0. The van der Waals surface area contributed by atoms with Gasteiger partial charge in [-0.05, 0) is 13.8 Å². The number of rotatable bonds is 1. The van der Waals surface area contributed by atoms with Crippen molar-refractivity contribution in [2.45, 2.75) is 59.3 Å². The zero-order valence-corrected chi connectivity index (χ0v) is 10.9. The fourth-order valence-electron chi connectivity index (χ4n) is 1.26. The van der Waals surface area contributed by atoms with Crippen LogP contribution in [-0.4, -0.2) is 29.8 Å². The summed E-state index contributed by atoms with van der Waals surface area (Å²) >= 11 is 0. The van der Waals surface area contributed by atoms with Gasteiger partial charge < -0.3 is 15.3 Å². The first kappa shape index (κ1) is 20.8. The number of hydrogen-bond acceptors (Lipinski definition) is 3. The van der Waals surface area contributed by atoms with Gasteiger partial charge in [-0.3, -0.25) is 4.79 Å². The summed E-state index contributed by atoms with van der Waals surface area (Å²) < 4.78 is 4.40. The Morgan fingerprint density at radius 2 is 1.31 bits per heavy atom. The van der Waals surface area contributed by atoms with Crippen LogP contribution < -0.4 is 0 Å². The Hall–Kier alpha value is -0.610. The molecule has 0 saturated heterocycles. The number of carbonyl (C=O) groups is 1. The predicted octanol–water partition coefficient (Wildman–Crippen LogP) is 2.08. The van der Waals surface area contributed by atoms with Gasteiger partial charge in [-0.1, -0.05) is 38.5 Å². The molecular formula is C12H28O4. The molecule has 1 rings (SSSR count). The minimum atomic E-state index is -0.211. The van der Waals surface area contributed by atoms with E-state index in [0.29, 0.717) is 6.61 Å². The Kier molecular flexibility index (Phi) is 25.8. The highest BCUT2D eigenvalue weighted by atomic mass is 16.5. The van der Waals surface area contributed by atoms with Crippen molar-refractivity contribution in [1.82, 2.24) is 0 Å². The van der Waals surface area contributed by atoms with E-state index in [1.807, 2.05) is 0 Å². The van der Waals surface area contributed by atoms with E-state index in [0.717, 1.165) is 0 Å². The van der Waals surface area contributed by atoms with Crippen LogP contribution in [0.25, 0.3) is 0 Å². The second-order valence-electron chi connectivity index (χ2n) is 3.36. The number of carbonyl (C=O) groups excluding carboxylic acids is 1. The third-order valence-corrected chi connectivity index (χ3v) is 1.85. The van der Waals surface area contributed by atoms with E-state index < -0.39 is 0 Å². The Bertz CT molecular complexity index is 111. The first-order valence-electron chi connectivity index (χ1n) is 5.93. The summed E-state index contributed by atoms with van der Waals surface area (Å²) in [5, 5.41) is 7.57. The Balaban J connectivity index is -0.000000163. The molecule has 0 unspecified atom stereocenters. The molecule has 1 fully saturated rings. The molecule has 1 aliphatic rings. The molecule has 0 aliphatic heterocycles. The van der Waals surface area contributed by atoms with Crippen LogP contribution in [0.2, 0.25) is 0 Å².